The van der Waals surface area contributed by atoms with E-state index in [4.69, 9.17) is 21.1 Å². The largest absolute Gasteiger partial charge is 0.493 e. The van der Waals surface area contributed by atoms with Gasteiger partial charge in [-0.1, -0.05) is 35.9 Å². The van der Waals surface area contributed by atoms with Gasteiger partial charge >= 0.3 is 5.97 Å². The van der Waals surface area contributed by atoms with E-state index in [1.807, 2.05) is 24.1 Å². The third-order valence-electron chi connectivity index (χ3n) is 6.63. The molecule has 3 aromatic carbocycles. The predicted molar refractivity (Wildman–Crippen MR) is 128 cm³/mol. The van der Waals surface area contributed by atoms with E-state index in [-0.39, 0.29) is 11.9 Å². The second-order valence-electron chi connectivity index (χ2n) is 8.72. The smallest absolute Gasteiger partial charge is 0.311 e. The number of hydrogen-bond donors (Lipinski definition) is 1. The quantitative estimate of drug-likeness (QED) is 0.538. The first-order valence-electron chi connectivity index (χ1n) is 11.2. The molecule has 1 atom stereocenters. The number of hydrogen-bond acceptors (Lipinski definition) is 4. The molecular weight excluding hydrogens is 454 g/mol. The van der Waals surface area contributed by atoms with Crippen molar-refractivity contribution in [2.45, 2.75) is 31.2 Å². The van der Waals surface area contributed by atoms with E-state index in [2.05, 4.69) is 12.1 Å². The first-order valence-corrected chi connectivity index (χ1v) is 11.6. The standard InChI is InChI=1S/C27H24ClNO5/c1-29(19-12-17-4-2-3-5-18(17)13-19)26(30)16-6-8-20(9-7-16)34-25-15-24-22(14-23(25)28)21(27(31)32)10-11-33-24/h2-9,14-15,19,21H,10-13H2,1H3,(H,31,32). The van der Waals surface area contributed by atoms with E-state index in [1.54, 1.807) is 36.4 Å². The highest BCUT2D eigenvalue weighted by Crippen LogP contribution is 2.41. The zero-order valence-electron chi connectivity index (χ0n) is 18.7. The Morgan fingerprint density at radius 3 is 2.38 bits per heavy atom. The van der Waals surface area contributed by atoms with Gasteiger partial charge < -0.3 is 19.5 Å². The maximum absolute atomic E-state index is 13.1. The minimum absolute atomic E-state index is 0.0377. The molecule has 7 heteroatoms. The average Bonchev–Trinajstić information content (AvgIpc) is 3.28. The van der Waals surface area contributed by atoms with Crippen LogP contribution in [0.25, 0.3) is 0 Å². The molecule has 0 spiro atoms. The summed E-state index contributed by atoms with van der Waals surface area (Å²) in [6.07, 6.45) is 2.12. The maximum atomic E-state index is 13.1. The van der Waals surface area contributed by atoms with Crippen LogP contribution in [0.1, 0.15) is 39.4 Å². The highest BCUT2D eigenvalue weighted by molar-refractivity contribution is 6.32. The Balaban J connectivity index is 1.29. The number of ether oxygens (including phenoxy) is 2. The van der Waals surface area contributed by atoms with Gasteiger partial charge in [-0.2, -0.15) is 0 Å². The molecule has 0 fully saturated rings. The van der Waals surface area contributed by atoms with Crippen LogP contribution in [0, 0.1) is 0 Å². The summed E-state index contributed by atoms with van der Waals surface area (Å²) < 4.78 is 11.6. The van der Waals surface area contributed by atoms with Crippen molar-refractivity contribution in [3.8, 4) is 17.2 Å². The topological polar surface area (TPSA) is 76.1 Å². The van der Waals surface area contributed by atoms with Crippen molar-refractivity contribution in [1.29, 1.82) is 0 Å². The predicted octanol–water partition coefficient (Wildman–Crippen LogP) is 5.32. The average molecular weight is 478 g/mol. The van der Waals surface area contributed by atoms with Crippen molar-refractivity contribution in [2.75, 3.05) is 13.7 Å². The van der Waals surface area contributed by atoms with Crippen LogP contribution in [0.2, 0.25) is 5.02 Å². The van der Waals surface area contributed by atoms with Gasteiger partial charge in [0.25, 0.3) is 5.91 Å². The number of carboxylic acids is 1. The highest BCUT2D eigenvalue weighted by Gasteiger charge is 2.30. The Bertz CT molecular complexity index is 1230. The number of nitrogens with zero attached hydrogens (tertiary/aromatic N) is 1. The number of carboxylic acid groups (broad SMARTS) is 1. The van der Waals surface area contributed by atoms with E-state index in [0.717, 1.165) is 12.8 Å². The Labute approximate surface area is 202 Å². The molecule has 0 aromatic heterocycles. The summed E-state index contributed by atoms with van der Waals surface area (Å²) in [5.41, 5.74) is 3.73. The zero-order chi connectivity index (χ0) is 23.8. The molecule has 3 aromatic rings. The summed E-state index contributed by atoms with van der Waals surface area (Å²) >= 11 is 6.38. The van der Waals surface area contributed by atoms with Crippen molar-refractivity contribution in [3.05, 3.63) is 87.9 Å². The summed E-state index contributed by atoms with van der Waals surface area (Å²) in [6, 6.07) is 18.6. The van der Waals surface area contributed by atoms with Crippen molar-refractivity contribution < 1.29 is 24.2 Å². The number of halogens is 1. The molecule has 0 bridgehead atoms. The van der Waals surface area contributed by atoms with Gasteiger partial charge in [0.2, 0.25) is 0 Å². The number of carbonyl (C=O) groups excluding carboxylic acids is 1. The second-order valence-corrected chi connectivity index (χ2v) is 9.13. The number of carbonyl (C=O) groups is 2. The number of benzene rings is 3. The molecule has 34 heavy (non-hydrogen) atoms. The molecule has 1 heterocycles. The van der Waals surface area contributed by atoms with Crippen molar-refractivity contribution in [1.82, 2.24) is 4.90 Å². The van der Waals surface area contributed by atoms with Crippen molar-refractivity contribution >= 4 is 23.5 Å². The summed E-state index contributed by atoms with van der Waals surface area (Å²) in [7, 11) is 1.85. The molecule has 174 valence electrons. The van der Waals surface area contributed by atoms with E-state index in [1.165, 1.54) is 11.1 Å². The lowest BCUT2D eigenvalue weighted by molar-refractivity contribution is -0.139. The molecule has 1 aliphatic heterocycles. The third-order valence-corrected chi connectivity index (χ3v) is 6.92. The lowest BCUT2D eigenvalue weighted by atomic mass is 9.93. The lowest BCUT2D eigenvalue weighted by Gasteiger charge is -2.25. The molecule has 6 nitrogen and oxygen atoms in total. The van der Waals surface area contributed by atoms with E-state index in [9.17, 15) is 14.7 Å². The normalized spacial score (nSPS) is 16.8. The van der Waals surface area contributed by atoms with Crippen LogP contribution < -0.4 is 9.47 Å². The third kappa shape index (κ3) is 4.21. The van der Waals surface area contributed by atoms with Gasteiger partial charge in [-0.3, -0.25) is 9.59 Å². The number of aliphatic carboxylic acids is 1. The van der Waals surface area contributed by atoms with Crippen LogP contribution in [-0.2, 0) is 17.6 Å². The Kier molecular flexibility index (Phi) is 5.92. The first-order chi connectivity index (χ1) is 16.4. The highest BCUT2D eigenvalue weighted by atomic mass is 35.5. The van der Waals surface area contributed by atoms with Crippen LogP contribution >= 0.6 is 11.6 Å². The van der Waals surface area contributed by atoms with Gasteiger partial charge in [-0.25, -0.2) is 0 Å². The fourth-order valence-corrected chi connectivity index (χ4v) is 4.91. The molecule has 2 aliphatic rings. The van der Waals surface area contributed by atoms with Gasteiger partial charge in [0.1, 0.15) is 17.2 Å². The minimum Gasteiger partial charge on any atom is -0.493 e. The number of fused-ring (bicyclic) bond motifs is 2. The number of amides is 1. The summed E-state index contributed by atoms with van der Waals surface area (Å²) in [5.74, 6) is -0.245. The molecule has 1 unspecified atom stereocenters. The summed E-state index contributed by atoms with van der Waals surface area (Å²) in [4.78, 5) is 26.4. The number of rotatable bonds is 5. The fourth-order valence-electron chi connectivity index (χ4n) is 4.70. The van der Waals surface area contributed by atoms with Crippen LogP contribution in [0.5, 0.6) is 17.2 Å². The monoisotopic (exact) mass is 477 g/mol. The van der Waals surface area contributed by atoms with Crippen LogP contribution in [0.4, 0.5) is 0 Å². The molecular formula is C27H24ClNO5. The molecule has 0 saturated carbocycles. The van der Waals surface area contributed by atoms with E-state index >= 15 is 0 Å². The van der Waals surface area contributed by atoms with Gasteiger partial charge in [0, 0.05) is 30.3 Å². The van der Waals surface area contributed by atoms with E-state index < -0.39 is 11.9 Å². The Hall–Kier alpha value is -3.51. The van der Waals surface area contributed by atoms with Crippen LogP contribution in [0.3, 0.4) is 0 Å². The summed E-state index contributed by atoms with van der Waals surface area (Å²) in [5, 5.41) is 9.75. The van der Waals surface area contributed by atoms with Gasteiger partial charge in [0.15, 0.2) is 0 Å². The SMILES string of the molecule is CN(C(=O)c1ccc(Oc2cc3c(cc2Cl)C(C(=O)O)CCO3)cc1)C1Cc2ccccc2C1. The maximum Gasteiger partial charge on any atom is 0.311 e. The van der Waals surface area contributed by atoms with Gasteiger partial charge in [-0.15, -0.1) is 0 Å². The summed E-state index contributed by atoms with van der Waals surface area (Å²) in [6.45, 7) is 0.321. The second kappa shape index (κ2) is 9.03. The molecule has 0 saturated heterocycles. The van der Waals surface area contributed by atoms with Crippen molar-refractivity contribution in [2.24, 2.45) is 0 Å². The van der Waals surface area contributed by atoms with Crippen LogP contribution in [-0.4, -0.2) is 41.6 Å². The fraction of sp³-hybridized carbons (Fsp3) is 0.259. The van der Waals surface area contributed by atoms with Crippen molar-refractivity contribution in [3.63, 3.8) is 0 Å². The molecule has 5 rings (SSSR count). The Morgan fingerprint density at radius 1 is 1.06 bits per heavy atom. The van der Waals surface area contributed by atoms with Gasteiger partial charge in [-0.05, 0) is 60.7 Å². The molecule has 1 amide bonds. The molecule has 1 N–H and O–H groups in total. The first kappa shape index (κ1) is 22.3. The minimum atomic E-state index is -0.902. The number of likely N-dealkylation sites (N-methyl/N-ethyl adjacent to an activating group) is 1. The van der Waals surface area contributed by atoms with Gasteiger partial charge in [0.05, 0.1) is 17.5 Å². The molecule has 0 radical (unpaired) electrons. The lowest BCUT2D eigenvalue weighted by Crippen LogP contribution is -2.37. The molecule has 1 aliphatic carbocycles. The Morgan fingerprint density at radius 2 is 1.74 bits per heavy atom. The zero-order valence-corrected chi connectivity index (χ0v) is 19.4. The van der Waals surface area contributed by atoms with Crippen LogP contribution in [0.15, 0.2) is 60.7 Å². The van der Waals surface area contributed by atoms with E-state index in [0.29, 0.717) is 46.4 Å².